The Morgan fingerprint density at radius 2 is 2.21 bits per heavy atom. The van der Waals surface area contributed by atoms with Crippen molar-refractivity contribution in [3.63, 3.8) is 0 Å². The normalized spacial score (nSPS) is 12.1. The van der Waals surface area contributed by atoms with Gasteiger partial charge in [0.2, 0.25) is 0 Å². The van der Waals surface area contributed by atoms with Crippen LogP contribution in [0, 0.1) is 11.3 Å². The van der Waals surface area contributed by atoms with Crippen LogP contribution in [0.15, 0.2) is 0 Å². The minimum atomic E-state index is -0.282. The van der Waals surface area contributed by atoms with E-state index in [9.17, 15) is 4.79 Å². The fourth-order valence-electron chi connectivity index (χ4n) is 1.25. The van der Waals surface area contributed by atoms with Crippen LogP contribution in [-0.2, 0) is 9.53 Å². The van der Waals surface area contributed by atoms with Gasteiger partial charge in [-0.2, -0.15) is 0 Å². The Labute approximate surface area is 86.3 Å². The highest BCUT2D eigenvalue weighted by Gasteiger charge is 2.08. The first kappa shape index (κ1) is 13.1. The summed E-state index contributed by atoms with van der Waals surface area (Å²) in [4.78, 5) is 11.0. The molecule has 0 aliphatic carbocycles. The Morgan fingerprint density at radius 1 is 1.50 bits per heavy atom. The lowest BCUT2D eigenvalue weighted by Crippen LogP contribution is -2.13. The predicted octanol–water partition coefficient (Wildman–Crippen LogP) is 2.79. The molecule has 14 heavy (non-hydrogen) atoms. The van der Waals surface area contributed by atoms with E-state index >= 15 is 0 Å². The number of ether oxygens (including phenoxy) is 1. The maximum Gasteiger partial charge on any atom is 0.311 e. The first-order valence-corrected chi connectivity index (χ1v) is 5.39. The van der Waals surface area contributed by atoms with E-state index in [0.29, 0.717) is 12.5 Å². The van der Waals surface area contributed by atoms with Crippen molar-refractivity contribution in [2.75, 3.05) is 6.61 Å². The van der Waals surface area contributed by atoms with Crippen LogP contribution in [0.4, 0.5) is 0 Å². The average molecular weight is 199 g/mol. The third-order valence-electron chi connectivity index (χ3n) is 2.29. The largest absolute Gasteiger partial charge is 0.465 e. The lowest BCUT2D eigenvalue weighted by molar-refractivity contribution is -0.143. The molecule has 0 heterocycles. The fraction of sp³-hybridized carbons (Fsp3) is 0.818. The zero-order valence-corrected chi connectivity index (χ0v) is 9.21. The van der Waals surface area contributed by atoms with E-state index in [1.54, 1.807) is 0 Å². The second-order valence-electron chi connectivity index (χ2n) is 3.51. The van der Waals surface area contributed by atoms with Crippen molar-refractivity contribution in [1.29, 1.82) is 5.41 Å². The Bertz CT molecular complexity index is 169. The number of rotatable bonds is 8. The van der Waals surface area contributed by atoms with E-state index in [1.807, 2.05) is 0 Å². The van der Waals surface area contributed by atoms with Gasteiger partial charge in [-0.15, -0.1) is 0 Å². The van der Waals surface area contributed by atoms with Crippen LogP contribution in [0.3, 0.4) is 0 Å². The molecule has 82 valence electrons. The molecule has 3 nitrogen and oxygen atoms in total. The molecular formula is C11H21NO2. The number of carbonyl (C=O) groups excluding carboxylic acids is 1. The van der Waals surface area contributed by atoms with Crippen molar-refractivity contribution in [1.82, 2.24) is 0 Å². The SMILES string of the molecule is CCCCC(CC)COC(=O)CC=N. The number of unbranched alkanes of at least 4 members (excludes halogenated alkanes) is 1. The third kappa shape index (κ3) is 6.63. The van der Waals surface area contributed by atoms with Crippen LogP contribution in [0.5, 0.6) is 0 Å². The molecule has 0 saturated carbocycles. The average Bonchev–Trinajstić information content (AvgIpc) is 2.19. The van der Waals surface area contributed by atoms with Gasteiger partial charge in [-0.3, -0.25) is 4.79 Å². The van der Waals surface area contributed by atoms with E-state index < -0.39 is 0 Å². The van der Waals surface area contributed by atoms with Crippen LogP contribution in [0.2, 0.25) is 0 Å². The highest BCUT2D eigenvalue weighted by atomic mass is 16.5. The molecule has 3 heteroatoms. The zero-order chi connectivity index (χ0) is 10.8. The summed E-state index contributed by atoms with van der Waals surface area (Å²) in [6.45, 7) is 4.79. The number of esters is 1. The lowest BCUT2D eigenvalue weighted by atomic mass is 10.0. The smallest absolute Gasteiger partial charge is 0.311 e. The first-order chi connectivity index (χ1) is 6.74. The van der Waals surface area contributed by atoms with E-state index in [1.165, 1.54) is 12.8 Å². The topological polar surface area (TPSA) is 50.2 Å². The Kier molecular flexibility index (Phi) is 8.19. The molecule has 0 spiro atoms. The van der Waals surface area contributed by atoms with Gasteiger partial charge >= 0.3 is 5.97 Å². The van der Waals surface area contributed by atoms with Crippen molar-refractivity contribution in [3.8, 4) is 0 Å². The number of hydrogen-bond acceptors (Lipinski definition) is 3. The van der Waals surface area contributed by atoms with Crippen molar-refractivity contribution < 1.29 is 9.53 Å². The van der Waals surface area contributed by atoms with Gasteiger partial charge in [0.05, 0.1) is 13.0 Å². The molecule has 0 aliphatic heterocycles. The molecule has 0 aliphatic rings. The molecular weight excluding hydrogens is 178 g/mol. The minimum absolute atomic E-state index is 0.101. The summed E-state index contributed by atoms with van der Waals surface area (Å²) in [7, 11) is 0. The molecule has 1 N–H and O–H groups in total. The molecule has 0 radical (unpaired) electrons. The maximum absolute atomic E-state index is 11.0. The molecule has 0 rings (SSSR count). The molecule has 0 amide bonds. The van der Waals surface area contributed by atoms with Gasteiger partial charge in [-0.05, 0) is 12.3 Å². The van der Waals surface area contributed by atoms with Crippen LogP contribution >= 0.6 is 0 Å². The molecule has 0 aromatic carbocycles. The number of carbonyl (C=O) groups is 1. The van der Waals surface area contributed by atoms with E-state index in [-0.39, 0.29) is 12.4 Å². The summed E-state index contributed by atoms with van der Waals surface area (Å²) < 4.78 is 5.04. The lowest BCUT2D eigenvalue weighted by Gasteiger charge is -2.13. The van der Waals surface area contributed by atoms with E-state index in [4.69, 9.17) is 10.1 Å². The second kappa shape index (κ2) is 8.73. The van der Waals surface area contributed by atoms with Gasteiger partial charge < -0.3 is 10.1 Å². The Hall–Kier alpha value is -0.860. The number of nitrogens with one attached hydrogen (secondary N) is 1. The predicted molar refractivity (Wildman–Crippen MR) is 57.7 cm³/mol. The maximum atomic E-state index is 11.0. The molecule has 0 saturated heterocycles. The number of hydrogen-bond donors (Lipinski definition) is 1. The van der Waals surface area contributed by atoms with Crippen LogP contribution in [-0.4, -0.2) is 18.8 Å². The van der Waals surface area contributed by atoms with Gasteiger partial charge in [-0.25, -0.2) is 0 Å². The zero-order valence-electron chi connectivity index (χ0n) is 9.21. The molecule has 0 aromatic rings. The van der Waals surface area contributed by atoms with Gasteiger partial charge in [0.1, 0.15) is 0 Å². The fourth-order valence-corrected chi connectivity index (χ4v) is 1.25. The molecule has 1 atom stereocenters. The summed E-state index contributed by atoms with van der Waals surface area (Å²) in [5.41, 5.74) is 0. The van der Waals surface area contributed by atoms with E-state index in [2.05, 4.69) is 13.8 Å². The summed E-state index contributed by atoms with van der Waals surface area (Å²) in [6.07, 6.45) is 5.74. The van der Waals surface area contributed by atoms with Crippen LogP contribution in [0.25, 0.3) is 0 Å². The summed E-state index contributed by atoms with van der Waals surface area (Å²) >= 11 is 0. The third-order valence-corrected chi connectivity index (χ3v) is 2.29. The summed E-state index contributed by atoms with van der Waals surface area (Å²) in [5.74, 6) is 0.208. The van der Waals surface area contributed by atoms with Crippen molar-refractivity contribution in [2.45, 2.75) is 46.0 Å². The van der Waals surface area contributed by atoms with Gasteiger partial charge in [0, 0.05) is 6.21 Å². The Morgan fingerprint density at radius 3 is 2.71 bits per heavy atom. The summed E-state index contributed by atoms with van der Waals surface area (Å²) in [6, 6.07) is 0. The van der Waals surface area contributed by atoms with Gasteiger partial charge in [-0.1, -0.05) is 33.1 Å². The monoisotopic (exact) mass is 199 g/mol. The molecule has 0 bridgehead atoms. The molecule has 0 fully saturated rings. The molecule has 1 unspecified atom stereocenters. The first-order valence-electron chi connectivity index (χ1n) is 5.39. The van der Waals surface area contributed by atoms with Gasteiger partial charge in [0.25, 0.3) is 0 Å². The van der Waals surface area contributed by atoms with Crippen molar-refractivity contribution >= 4 is 12.2 Å². The van der Waals surface area contributed by atoms with Crippen LogP contribution < -0.4 is 0 Å². The van der Waals surface area contributed by atoms with Gasteiger partial charge in [0.15, 0.2) is 0 Å². The quantitative estimate of drug-likeness (QED) is 0.482. The van der Waals surface area contributed by atoms with Crippen molar-refractivity contribution in [2.24, 2.45) is 5.92 Å². The standard InChI is InChI=1S/C11H21NO2/c1-3-5-6-10(4-2)9-14-11(13)7-8-12/h8,10,12H,3-7,9H2,1-2H3. The highest BCUT2D eigenvalue weighted by Crippen LogP contribution is 2.12. The second-order valence-corrected chi connectivity index (χ2v) is 3.51. The highest BCUT2D eigenvalue weighted by molar-refractivity contribution is 5.84. The summed E-state index contributed by atoms with van der Waals surface area (Å²) in [5, 5.41) is 6.75. The molecule has 0 aromatic heterocycles. The minimum Gasteiger partial charge on any atom is -0.465 e. The van der Waals surface area contributed by atoms with E-state index in [0.717, 1.165) is 19.1 Å². The Balaban J connectivity index is 3.60. The van der Waals surface area contributed by atoms with Crippen molar-refractivity contribution in [3.05, 3.63) is 0 Å². The van der Waals surface area contributed by atoms with Crippen LogP contribution in [0.1, 0.15) is 46.0 Å².